The molecule has 28 heavy (non-hydrogen) atoms. The Morgan fingerprint density at radius 3 is 2.64 bits per heavy atom. The van der Waals surface area contributed by atoms with Gasteiger partial charge in [-0.15, -0.1) is 0 Å². The molecule has 1 amide bonds. The molecule has 0 aromatic carbocycles. The van der Waals surface area contributed by atoms with Crippen molar-refractivity contribution in [3.63, 3.8) is 0 Å². The largest absolute Gasteiger partial charge is 0.342 e. The summed E-state index contributed by atoms with van der Waals surface area (Å²) in [7, 11) is 0. The molecule has 3 aromatic rings. The molecule has 1 aliphatic rings. The summed E-state index contributed by atoms with van der Waals surface area (Å²) in [5.41, 5.74) is 2.54. The Morgan fingerprint density at radius 1 is 1.29 bits per heavy atom. The first-order valence-corrected chi connectivity index (χ1v) is 9.25. The van der Waals surface area contributed by atoms with Gasteiger partial charge >= 0.3 is 5.92 Å². The molecule has 0 bridgehead atoms. The van der Waals surface area contributed by atoms with E-state index in [2.05, 4.69) is 24.8 Å². The van der Waals surface area contributed by atoms with E-state index in [-0.39, 0.29) is 5.91 Å². The molecule has 0 atom stereocenters. The molecule has 146 valence electrons. The highest BCUT2D eigenvalue weighted by Crippen LogP contribution is 2.39. The first-order valence-electron chi connectivity index (χ1n) is 9.25. The summed E-state index contributed by atoms with van der Waals surface area (Å²) in [5, 5.41) is 3.49. The van der Waals surface area contributed by atoms with Crippen LogP contribution >= 0.6 is 0 Å². The molecule has 1 aliphatic carbocycles. The molecular weight excluding hydrogens is 364 g/mol. The van der Waals surface area contributed by atoms with E-state index in [0.717, 1.165) is 42.7 Å². The number of carbonyl (C=O) groups excluding carboxylic acids is 1. The number of nitrogens with one attached hydrogen (secondary N) is 1. The topological polar surface area (TPSA) is 72.7 Å². The summed E-state index contributed by atoms with van der Waals surface area (Å²) < 4.78 is 29.9. The second-order valence-electron chi connectivity index (χ2n) is 7.41. The molecule has 0 spiro atoms. The number of hydrogen-bond donors (Lipinski definition) is 1. The minimum absolute atomic E-state index is 0.224. The van der Waals surface area contributed by atoms with Gasteiger partial charge in [0.25, 0.3) is 0 Å². The van der Waals surface area contributed by atoms with Crippen molar-refractivity contribution in [1.29, 1.82) is 0 Å². The Labute approximate surface area is 161 Å². The van der Waals surface area contributed by atoms with Crippen LogP contribution in [0.4, 0.5) is 14.6 Å². The number of amides is 1. The van der Waals surface area contributed by atoms with Crippen molar-refractivity contribution in [2.45, 2.75) is 52.0 Å². The standard InChI is InChI=1S/C20H21F2N5O/c1-11-7-16(26-19(24-11)20(3,21)22)15-10-27(13-5-4-6-13)17-9-23-18(8-14(15)17)25-12(2)28/h7-10,13H,4-6H2,1-3H3,(H,23,25,28). The van der Waals surface area contributed by atoms with Crippen LogP contribution in [0, 0.1) is 6.92 Å². The van der Waals surface area contributed by atoms with Crippen molar-refractivity contribution in [1.82, 2.24) is 19.5 Å². The molecule has 4 rings (SSSR count). The molecule has 0 radical (unpaired) electrons. The maximum absolute atomic E-state index is 13.9. The quantitative estimate of drug-likeness (QED) is 0.713. The molecule has 8 heteroatoms. The third-order valence-electron chi connectivity index (χ3n) is 5.01. The first kappa shape index (κ1) is 18.5. The van der Waals surface area contributed by atoms with Crippen LogP contribution in [0.5, 0.6) is 0 Å². The predicted molar refractivity (Wildman–Crippen MR) is 102 cm³/mol. The highest BCUT2D eigenvalue weighted by molar-refractivity contribution is 5.98. The van der Waals surface area contributed by atoms with Crippen molar-refractivity contribution in [2.75, 3.05) is 5.32 Å². The molecule has 1 fully saturated rings. The SMILES string of the molecule is CC(=O)Nc1cc2c(-c3cc(C)nc(C(C)(F)F)n3)cn(C3CCC3)c2cn1. The van der Waals surface area contributed by atoms with Gasteiger partial charge in [-0.2, -0.15) is 8.78 Å². The Balaban J connectivity index is 1.92. The van der Waals surface area contributed by atoms with E-state index in [1.807, 2.05) is 6.20 Å². The van der Waals surface area contributed by atoms with Gasteiger partial charge in [-0.3, -0.25) is 4.79 Å². The van der Waals surface area contributed by atoms with Crippen LogP contribution in [-0.2, 0) is 10.7 Å². The fraction of sp³-hybridized carbons (Fsp3) is 0.400. The Morgan fingerprint density at radius 2 is 2.04 bits per heavy atom. The van der Waals surface area contributed by atoms with Gasteiger partial charge < -0.3 is 9.88 Å². The van der Waals surface area contributed by atoms with Gasteiger partial charge in [0.1, 0.15) is 5.82 Å². The first-order chi connectivity index (χ1) is 13.2. The Kier molecular flexibility index (Phi) is 4.36. The zero-order chi connectivity index (χ0) is 20.1. The molecule has 1 saturated carbocycles. The van der Waals surface area contributed by atoms with Crippen molar-refractivity contribution < 1.29 is 13.6 Å². The molecule has 1 N–H and O–H groups in total. The van der Waals surface area contributed by atoms with Gasteiger partial charge in [-0.1, -0.05) is 0 Å². The number of pyridine rings is 1. The van der Waals surface area contributed by atoms with Crippen LogP contribution in [0.3, 0.4) is 0 Å². The monoisotopic (exact) mass is 385 g/mol. The van der Waals surface area contributed by atoms with Gasteiger partial charge in [-0.25, -0.2) is 15.0 Å². The van der Waals surface area contributed by atoms with Crippen molar-refractivity contribution in [2.24, 2.45) is 0 Å². The average Bonchev–Trinajstić information content (AvgIpc) is 2.90. The fourth-order valence-corrected chi connectivity index (χ4v) is 3.47. The number of aromatic nitrogens is 4. The lowest BCUT2D eigenvalue weighted by Gasteiger charge is -2.27. The summed E-state index contributed by atoms with van der Waals surface area (Å²) in [6, 6.07) is 3.83. The lowest BCUT2D eigenvalue weighted by atomic mass is 9.93. The molecule has 3 aromatic heterocycles. The minimum Gasteiger partial charge on any atom is -0.342 e. The lowest BCUT2D eigenvalue weighted by Crippen LogP contribution is -2.16. The number of aryl methyl sites for hydroxylation is 1. The van der Waals surface area contributed by atoms with E-state index < -0.39 is 11.7 Å². The molecule has 3 heterocycles. The van der Waals surface area contributed by atoms with E-state index in [1.165, 1.54) is 6.92 Å². The number of hydrogen-bond acceptors (Lipinski definition) is 4. The Bertz CT molecular complexity index is 1070. The average molecular weight is 385 g/mol. The van der Waals surface area contributed by atoms with Crippen LogP contribution in [0.15, 0.2) is 24.5 Å². The minimum atomic E-state index is -3.13. The summed E-state index contributed by atoms with van der Waals surface area (Å²) >= 11 is 0. The number of nitrogens with zero attached hydrogens (tertiary/aromatic N) is 4. The summed E-state index contributed by atoms with van der Waals surface area (Å²) in [5.74, 6) is -3.43. The van der Waals surface area contributed by atoms with Crippen LogP contribution in [0.25, 0.3) is 22.2 Å². The summed E-state index contributed by atoms with van der Waals surface area (Å²) in [4.78, 5) is 23.8. The molecule has 0 unspecified atom stereocenters. The number of fused-ring (bicyclic) bond motifs is 1. The second-order valence-corrected chi connectivity index (χ2v) is 7.41. The van der Waals surface area contributed by atoms with Crippen molar-refractivity contribution >= 4 is 22.6 Å². The lowest BCUT2D eigenvalue weighted by molar-refractivity contribution is -0.114. The fourth-order valence-electron chi connectivity index (χ4n) is 3.47. The zero-order valence-corrected chi connectivity index (χ0v) is 16.0. The predicted octanol–water partition coefficient (Wildman–Crippen LogP) is 4.60. The molecular formula is C20H21F2N5O. The highest BCUT2D eigenvalue weighted by Gasteiger charge is 2.30. The van der Waals surface area contributed by atoms with E-state index in [4.69, 9.17) is 0 Å². The number of alkyl halides is 2. The van der Waals surface area contributed by atoms with Crippen LogP contribution in [0.2, 0.25) is 0 Å². The second kappa shape index (κ2) is 6.61. The number of rotatable bonds is 4. The van der Waals surface area contributed by atoms with Crippen LogP contribution in [0.1, 0.15) is 50.7 Å². The Hall–Kier alpha value is -2.90. The summed E-state index contributed by atoms with van der Waals surface area (Å²) in [6.45, 7) is 3.88. The maximum Gasteiger partial charge on any atom is 0.303 e. The molecule has 0 saturated heterocycles. The smallest absolute Gasteiger partial charge is 0.303 e. The molecule has 0 aliphatic heterocycles. The maximum atomic E-state index is 13.9. The van der Waals surface area contributed by atoms with E-state index in [0.29, 0.717) is 23.2 Å². The number of anilines is 1. The van der Waals surface area contributed by atoms with Gasteiger partial charge in [-0.05, 0) is 38.3 Å². The van der Waals surface area contributed by atoms with Gasteiger partial charge in [0.2, 0.25) is 5.91 Å². The zero-order valence-electron chi connectivity index (χ0n) is 16.0. The van der Waals surface area contributed by atoms with Crippen molar-refractivity contribution in [3.05, 3.63) is 36.0 Å². The number of halogens is 2. The normalized spacial score (nSPS) is 14.9. The van der Waals surface area contributed by atoms with E-state index in [1.54, 1.807) is 25.3 Å². The highest BCUT2D eigenvalue weighted by atomic mass is 19.3. The third-order valence-corrected chi connectivity index (χ3v) is 5.01. The number of carbonyl (C=O) groups is 1. The van der Waals surface area contributed by atoms with Gasteiger partial charge in [0.05, 0.1) is 17.4 Å². The van der Waals surface area contributed by atoms with Crippen LogP contribution < -0.4 is 5.32 Å². The van der Waals surface area contributed by atoms with E-state index >= 15 is 0 Å². The van der Waals surface area contributed by atoms with E-state index in [9.17, 15) is 13.6 Å². The molecule has 6 nitrogen and oxygen atoms in total. The van der Waals surface area contributed by atoms with Crippen LogP contribution in [-0.4, -0.2) is 25.4 Å². The van der Waals surface area contributed by atoms with Gasteiger partial charge in [0.15, 0.2) is 5.82 Å². The van der Waals surface area contributed by atoms with Crippen molar-refractivity contribution in [3.8, 4) is 11.3 Å². The van der Waals surface area contributed by atoms with Gasteiger partial charge in [0, 0.05) is 42.7 Å². The summed E-state index contributed by atoms with van der Waals surface area (Å²) in [6.07, 6.45) is 6.96. The third kappa shape index (κ3) is 3.34.